The van der Waals surface area contributed by atoms with Crippen LogP contribution in [0.15, 0.2) is 443 Å². The van der Waals surface area contributed by atoms with Crippen molar-refractivity contribution in [3.05, 3.63) is 523 Å². The van der Waals surface area contributed by atoms with E-state index in [9.17, 15) is 35.1 Å². The molecule has 17 aromatic rings. The highest BCUT2D eigenvalue weighted by molar-refractivity contribution is 6.56. The fourth-order valence-corrected chi connectivity index (χ4v) is 12.7. The number of benzene rings is 15. The third-order valence-corrected chi connectivity index (χ3v) is 20.3. The van der Waals surface area contributed by atoms with Crippen LogP contribution >= 0.6 is 11.6 Å². The van der Waals surface area contributed by atoms with Crippen LogP contribution in [0.1, 0.15) is 53.3 Å². The van der Waals surface area contributed by atoms with E-state index in [-0.39, 0.29) is 52.4 Å². The van der Waals surface area contributed by atoms with Gasteiger partial charge in [0.1, 0.15) is 72.1 Å². The molecule has 0 amide bonds. The molecule has 0 spiro atoms. The summed E-state index contributed by atoms with van der Waals surface area (Å²) in [7, 11) is 22.9. The van der Waals surface area contributed by atoms with Crippen molar-refractivity contribution in [2.24, 2.45) is 7.05 Å². The summed E-state index contributed by atoms with van der Waals surface area (Å²) >= 11 is 5.70. The van der Waals surface area contributed by atoms with E-state index in [4.69, 9.17) is 21.2 Å². The topological polar surface area (TPSA) is 53.9 Å². The van der Waals surface area contributed by atoms with Gasteiger partial charge in [-0.15, -0.1) is 54.6 Å². The van der Waals surface area contributed by atoms with Crippen molar-refractivity contribution in [3.8, 4) is 16.9 Å². The van der Waals surface area contributed by atoms with Crippen LogP contribution in [0.3, 0.4) is 0 Å². The Morgan fingerprint density at radius 3 is 0.891 bits per heavy atom. The summed E-state index contributed by atoms with van der Waals surface area (Å²) in [5.41, 5.74) is 21.9. The fourth-order valence-electron chi connectivity index (χ4n) is 12.5. The average molecular weight is 1860 g/mol. The normalized spacial score (nSPS) is 10.3. The van der Waals surface area contributed by atoms with Gasteiger partial charge < -0.3 is 46.9 Å². The Bertz CT molecular complexity index is 5830. The first-order valence-electron chi connectivity index (χ1n) is 45.1. The molecule has 0 aliphatic heterocycles. The standard InChI is InChI=1S/C15H15BFO.2C14H13BF.C13H11BF.C12H12NO.C7H7BCl.4C7H7BF.C6H8N.C6H7N/c1-11(12-6-8-15(18-2)9-7-12)16-13-4-3-5-14(17)10-13;1-11-5-7-12(8-6-11)10-15-13-3-2-4-14(16)9-13;1-11(12-6-3-2-4-7-12)15-13-8-5-9-14(16)10-13;15-13-8-4-7-12(9-13)14-10-11-5-2-1-3-6-11;1-14-13-9-7-12(8-10-13)11-5-3-2-4-6-11;5*1-8-6-3-2-4-7(9)5-6;1-7-5-3-2-4-6-7;7-6-4-2-1-3-5-6/h3-11H,1-2H3;2-9H,10H2,1H3;2-11H,1H3;1-9H,10H2;2-10H,1H3;5*2-5H,1H3;2-6H,1H3;1-5H,7H2/q4*-1;+1;5*-1;+1;/p+1. The van der Waals surface area contributed by atoms with Crippen LogP contribution in [0.4, 0.5) is 40.8 Å². The maximum atomic E-state index is 13.1. The Labute approximate surface area is 826 Å². The number of pyridine rings is 2. The van der Waals surface area contributed by atoms with Crippen molar-refractivity contribution in [3.63, 3.8) is 0 Å². The number of aromatic nitrogens is 2. The lowest BCUT2D eigenvalue weighted by molar-refractivity contribution is -0.885. The van der Waals surface area contributed by atoms with E-state index in [1.807, 2.05) is 341 Å². The number of ether oxygens (including phenoxy) is 1. The van der Waals surface area contributed by atoms with E-state index >= 15 is 0 Å². The maximum absolute atomic E-state index is 13.1. The van der Waals surface area contributed by atoms with Crippen LogP contribution in [0.25, 0.3) is 11.1 Å². The van der Waals surface area contributed by atoms with Gasteiger partial charge in [0.05, 0.1) is 7.11 Å². The van der Waals surface area contributed by atoms with Gasteiger partial charge >= 0.3 is 0 Å². The van der Waals surface area contributed by atoms with E-state index in [2.05, 4.69) is 94.4 Å². The first-order chi connectivity index (χ1) is 66.8. The molecule has 5 nitrogen and oxygen atoms in total. The highest BCUT2D eigenvalue weighted by Crippen LogP contribution is 2.20. The van der Waals surface area contributed by atoms with Gasteiger partial charge in [-0.3, -0.25) is 83.1 Å². The minimum Gasteiger partial charge on any atom is -0.497 e. The van der Waals surface area contributed by atoms with Crippen LogP contribution in [-0.2, 0) is 19.7 Å². The monoisotopic (exact) mass is 1860 g/mol. The number of methoxy groups -OCH3 is 1. The second-order valence-corrected chi connectivity index (χ2v) is 31.3. The quantitative estimate of drug-likeness (QED) is 0.0470. The lowest BCUT2D eigenvalue weighted by Gasteiger charge is -2.26. The number of rotatable bonds is 20. The number of hydrogen-bond donors (Lipinski definition) is 1. The Hall–Kier alpha value is -13.5. The van der Waals surface area contributed by atoms with Crippen LogP contribution in [0, 0.1) is 53.5 Å². The summed E-state index contributed by atoms with van der Waals surface area (Å²) < 4.78 is 110. The van der Waals surface area contributed by atoms with Gasteiger partial charge in [-0.25, -0.2) is 98.1 Å². The summed E-state index contributed by atoms with van der Waals surface area (Å²) in [6, 6.07) is 127. The van der Waals surface area contributed by atoms with Crippen molar-refractivity contribution in [2.75, 3.05) is 14.2 Å². The molecule has 2 heterocycles. The molecule has 698 valence electrons. The number of nitrogens with zero attached hydrogens (tertiary/aromatic N) is 2. The van der Waals surface area contributed by atoms with Crippen molar-refractivity contribution in [1.29, 1.82) is 0 Å². The molecule has 0 saturated heterocycles. The largest absolute Gasteiger partial charge is 0.497 e. The van der Waals surface area contributed by atoms with Crippen LogP contribution in [-0.4, -0.2) is 79.7 Å². The van der Waals surface area contributed by atoms with Gasteiger partial charge in [0.15, 0.2) is 12.4 Å². The van der Waals surface area contributed by atoms with Crippen molar-refractivity contribution in [2.45, 2.75) is 79.2 Å². The molecular weight excluding hydrogens is 1740 g/mol. The summed E-state index contributed by atoms with van der Waals surface area (Å²) in [6.45, 7) is 15.8. The second-order valence-electron chi connectivity index (χ2n) is 30.8. The van der Waals surface area contributed by atoms with Gasteiger partial charge in [0.2, 0.25) is 12.4 Å². The predicted molar refractivity (Wildman–Crippen MR) is 573 cm³/mol. The number of quaternary nitrogens is 1. The van der Waals surface area contributed by atoms with Crippen molar-refractivity contribution >= 4 is 132 Å². The Balaban J connectivity index is 0.000000234. The van der Waals surface area contributed by atoms with Gasteiger partial charge in [-0.1, -0.05) is 314 Å². The molecule has 2 atom stereocenters. The minimum atomic E-state index is -0.203. The van der Waals surface area contributed by atoms with Gasteiger partial charge in [0, 0.05) is 34.0 Å². The predicted octanol–water partition coefficient (Wildman–Crippen LogP) is 20.2. The molecule has 0 aliphatic carbocycles. The highest BCUT2D eigenvalue weighted by Gasteiger charge is 2.03. The zero-order valence-corrected chi connectivity index (χ0v) is 81.0. The van der Waals surface area contributed by atoms with Gasteiger partial charge in [-0.05, 0) is 96.9 Å². The Morgan fingerprint density at radius 1 is 0.297 bits per heavy atom. The van der Waals surface area contributed by atoms with Gasteiger partial charge in [0.25, 0.3) is 0 Å². The molecular formula is C115H115B9ClF8N3O2-6. The Morgan fingerprint density at radius 2 is 0.587 bits per heavy atom. The van der Waals surface area contributed by atoms with Crippen LogP contribution in [0.5, 0.6) is 5.75 Å². The second kappa shape index (κ2) is 67.6. The van der Waals surface area contributed by atoms with Crippen LogP contribution in [0.2, 0.25) is 39.1 Å². The molecule has 18 radical (unpaired) electrons. The highest BCUT2D eigenvalue weighted by atomic mass is 35.5. The molecule has 2 aromatic heterocycles. The molecule has 2 unspecified atom stereocenters. The number of halogens is 9. The summed E-state index contributed by atoms with van der Waals surface area (Å²) in [4.78, 5) is 5.02. The zero-order valence-electron chi connectivity index (χ0n) is 80.2. The summed E-state index contributed by atoms with van der Waals surface area (Å²) in [5, 5.41) is 0.797. The molecule has 0 aliphatic rings. The van der Waals surface area contributed by atoms with E-state index < -0.39 is 0 Å². The van der Waals surface area contributed by atoms with E-state index in [1.54, 1.807) is 91.7 Å². The van der Waals surface area contributed by atoms with E-state index in [0.29, 0.717) is 5.82 Å². The first-order valence-corrected chi connectivity index (χ1v) is 45.5. The third kappa shape index (κ3) is 49.8. The van der Waals surface area contributed by atoms with E-state index in [0.717, 1.165) is 72.8 Å². The average Bonchev–Trinajstić information content (AvgIpc) is 0.869. The molecule has 23 heteroatoms. The lowest BCUT2D eigenvalue weighted by atomic mass is 9.58. The molecule has 0 saturated carbocycles. The van der Waals surface area contributed by atoms with E-state index in [1.165, 1.54) is 117 Å². The maximum Gasteiger partial charge on any atom is 0.223 e. The molecule has 17 rings (SSSR count). The minimum absolute atomic E-state index is 0.175. The summed E-state index contributed by atoms with van der Waals surface area (Å²) in [6.07, 6.45) is 9.46. The number of hydrogen-bond acceptors (Lipinski definition) is 2. The lowest BCUT2D eigenvalue weighted by Crippen LogP contribution is -2.39. The SMILES string of the molecule is CC([B-]c1cccc(F)c1)c1ccccc1.CO[n+]1ccc(-c2ccccc2)cc1.COc1ccc(C(C)[B-]c2cccc(F)c2)cc1.C[B-]c1cccc(Cl)c1.C[B-]c1cccc(F)c1.C[B-]c1cccc(F)c1.C[B-]c1cccc(F)c1.C[B-]c1cccc(F)c1.C[n+]1ccccc1.Cc1ccc(C[B-]c2cccc(F)c2)cc1.Fc1cccc([B-]Cc2ccccc2)c1.[NH3+]c1ccccc1. The van der Waals surface area contributed by atoms with Crippen molar-refractivity contribution in [1.82, 2.24) is 0 Å². The van der Waals surface area contributed by atoms with Crippen molar-refractivity contribution < 1.29 is 59.7 Å². The molecule has 3 N–H and O–H groups in total. The Kier molecular flexibility index (Phi) is 55.5. The third-order valence-electron chi connectivity index (χ3n) is 20.1. The van der Waals surface area contributed by atoms with Gasteiger partial charge in [-0.2, -0.15) is 0 Å². The van der Waals surface area contributed by atoms with Crippen LogP contribution < -0.4 is 73.8 Å². The smallest absolute Gasteiger partial charge is 0.223 e. The molecule has 0 bridgehead atoms. The molecule has 138 heavy (non-hydrogen) atoms. The fraction of sp³-hybridized carbons (Fsp3) is 0.130. The zero-order chi connectivity index (χ0) is 99.7. The molecule has 0 fully saturated rings. The number of aryl methyl sites for hydroxylation is 2. The molecule has 15 aromatic carbocycles. The summed E-state index contributed by atoms with van der Waals surface area (Å²) in [5.74, 6) is -0.0843. The first kappa shape index (κ1) is 113.